The van der Waals surface area contributed by atoms with E-state index in [-0.39, 0.29) is 22.8 Å². The molecule has 1 aliphatic carbocycles. The van der Waals surface area contributed by atoms with Gasteiger partial charge in [-0.05, 0) is 50.3 Å². The lowest BCUT2D eigenvalue weighted by Gasteiger charge is -2.26. The van der Waals surface area contributed by atoms with Crippen molar-refractivity contribution in [3.8, 4) is 0 Å². The van der Waals surface area contributed by atoms with E-state index in [9.17, 15) is 18.0 Å². The van der Waals surface area contributed by atoms with Crippen LogP contribution in [0.2, 0.25) is 0 Å². The summed E-state index contributed by atoms with van der Waals surface area (Å²) in [5.41, 5.74) is 0.905. The molecule has 0 unspecified atom stereocenters. The first kappa shape index (κ1) is 17.5. The molecule has 23 heavy (non-hydrogen) atoms. The Balaban J connectivity index is 2.06. The third kappa shape index (κ3) is 4.31. The van der Waals surface area contributed by atoms with Crippen molar-refractivity contribution in [3.05, 3.63) is 29.3 Å². The van der Waals surface area contributed by atoms with Crippen LogP contribution in [0.1, 0.15) is 41.6 Å². The molecule has 0 heterocycles. The first-order valence-electron chi connectivity index (χ1n) is 7.53. The number of sulfone groups is 1. The molecule has 1 aromatic rings. The van der Waals surface area contributed by atoms with Crippen molar-refractivity contribution < 1.29 is 23.1 Å². The molecule has 1 aliphatic rings. The number of benzene rings is 1. The molecule has 1 fully saturated rings. The van der Waals surface area contributed by atoms with E-state index >= 15 is 0 Å². The Morgan fingerprint density at radius 3 is 2.30 bits per heavy atom. The number of carboxylic acids is 1. The summed E-state index contributed by atoms with van der Waals surface area (Å²) >= 11 is 0. The van der Waals surface area contributed by atoms with E-state index in [2.05, 4.69) is 5.32 Å². The van der Waals surface area contributed by atoms with E-state index in [1.165, 1.54) is 6.07 Å². The van der Waals surface area contributed by atoms with E-state index in [4.69, 9.17) is 5.11 Å². The average Bonchev–Trinajstić information content (AvgIpc) is 2.47. The van der Waals surface area contributed by atoms with Crippen molar-refractivity contribution >= 4 is 21.7 Å². The maximum absolute atomic E-state index is 12.3. The zero-order valence-corrected chi connectivity index (χ0v) is 14.0. The topological polar surface area (TPSA) is 101 Å². The highest BCUT2D eigenvalue weighted by Gasteiger charge is 2.27. The van der Waals surface area contributed by atoms with Crippen LogP contribution >= 0.6 is 0 Å². The van der Waals surface area contributed by atoms with E-state index in [0.717, 1.165) is 6.26 Å². The fourth-order valence-electron chi connectivity index (χ4n) is 2.89. The highest BCUT2D eigenvalue weighted by Crippen LogP contribution is 2.25. The quantitative estimate of drug-likeness (QED) is 0.871. The Morgan fingerprint density at radius 2 is 1.78 bits per heavy atom. The van der Waals surface area contributed by atoms with Crippen LogP contribution in [0.25, 0.3) is 0 Å². The second-order valence-corrected chi connectivity index (χ2v) is 8.10. The summed E-state index contributed by atoms with van der Waals surface area (Å²) in [5.74, 6) is -1.45. The van der Waals surface area contributed by atoms with Gasteiger partial charge in [-0.3, -0.25) is 9.59 Å². The molecule has 0 spiro atoms. The normalized spacial score (nSPS) is 21.7. The van der Waals surface area contributed by atoms with Crippen LogP contribution in [-0.4, -0.2) is 37.7 Å². The zero-order valence-electron chi connectivity index (χ0n) is 13.2. The van der Waals surface area contributed by atoms with Crippen molar-refractivity contribution in [2.75, 3.05) is 6.26 Å². The third-order valence-electron chi connectivity index (χ3n) is 4.26. The molecule has 1 amide bonds. The van der Waals surface area contributed by atoms with Gasteiger partial charge in [0.25, 0.3) is 5.91 Å². The first-order valence-corrected chi connectivity index (χ1v) is 9.42. The summed E-state index contributed by atoms with van der Waals surface area (Å²) in [6.07, 6.45) is 3.44. The molecule has 0 saturated heterocycles. The van der Waals surface area contributed by atoms with Crippen LogP contribution in [-0.2, 0) is 14.6 Å². The highest BCUT2D eigenvalue weighted by atomic mass is 32.2. The number of rotatable bonds is 4. The molecule has 126 valence electrons. The number of hydrogen-bond donors (Lipinski definition) is 2. The second kappa shape index (κ2) is 6.70. The van der Waals surface area contributed by atoms with Crippen LogP contribution in [0, 0.1) is 12.8 Å². The average molecular weight is 339 g/mol. The summed E-state index contributed by atoms with van der Waals surface area (Å²) in [5, 5.41) is 11.8. The number of carboxylic acid groups (broad SMARTS) is 1. The Labute approximate surface area is 135 Å². The molecular formula is C16H21NO5S. The summed E-state index contributed by atoms with van der Waals surface area (Å²) in [6, 6.07) is 4.54. The Hall–Kier alpha value is -1.89. The fourth-order valence-corrected chi connectivity index (χ4v) is 3.89. The largest absolute Gasteiger partial charge is 0.481 e. The smallest absolute Gasteiger partial charge is 0.306 e. The van der Waals surface area contributed by atoms with Crippen LogP contribution in [0.5, 0.6) is 0 Å². The van der Waals surface area contributed by atoms with Crippen molar-refractivity contribution in [2.24, 2.45) is 5.92 Å². The number of carbonyl (C=O) groups excluding carboxylic acids is 1. The number of carbonyl (C=O) groups is 2. The van der Waals surface area contributed by atoms with E-state index in [0.29, 0.717) is 36.8 Å². The fraction of sp³-hybridized carbons (Fsp3) is 0.500. The van der Waals surface area contributed by atoms with Crippen LogP contribution in [0.4, 0.5) is 0 Å². The lowest BCUT2D eigenvalue weighted by atomic mass is 9.86. The molecule has 2 N–H and O–H groups in total. The molecule has 6 nitrogen and oxygen atoms in total. The Morgan fingerprint density at radius 1 is 1.17 bits per heavy atom. The van der Waals surface area contributed by atoms with Crippen molar-refractivity contribution in [1.82, 2.24) is 5.32 Å². The van der Waals surface area contributed by atoms with Crippen molar-refractivity contribution in [2.45, 2.75) is 43.5 Å². The van der Waals surface area contributed by atoms with Crippen LogP contribution < -0.4 is 5.32 Å². The monoisotopic (exact) mass is 339 g/mol. The maximum Gasteiger partial charge on any atom is 0.306 e. The predicted octanol–water partition coefficient (Wildman–Crippen LogP) is 1.77. The van der Waals surface area contributed by atoms with Crippen molar-refractivity contribution in [3.63, 3.8) is 0 Å². The summed E-state index contributed by atoms with van der Waals surface area (Å²) < 4.78 is 23.5. The molecule has 0 radical (unpaired) electrons. The standard InChI is InChI=1S/C16H21NO5S/c1-10-3-4-12(9-14(10)23(2,21)22)15(18)17-13-7-5-11(6-8-13)16(19)20/h3-4,9,11,13H,5-8H2,1-2H3,(H,17,18)(H,19,20). The summed E-state index contributed by atoms with van der Waals surface area (Å²) in [6.45, 7) is 1.69. The van der Waals surface area contributed by atoms with Gasteiger partial charge in [-0.1, -0.05) is 6.07 Å². The molecule has 1 aromatic carbocycles. The third-order valence-corrected chi connectivity index (χ3v) is 5.50. The predicted molar refractivity (Wildman–Crippen MR) is 85.1 cm³/mol. The molecule has 2 rings (SSSR count). The minimum Gasteiger partial charge on any atom is -0.481 e. The number of hydrogen-bond acceptors (Lipinski definition) is 4. The van der Waals surface area contributed by atoms with E-state index < -0.39 is 15.8 Å². The molecule has 0 atom stereocenters. The van der Waals surface area contributed by atoms with Gasteiger partial charge in [0.05, 0.1) is 10.8 Å². The van der Waals surface area contributed by atoms with Gasteiger partial charge < -0.3 is 10.4 Å². The Kier molecular flexibility index (Phi) is 5.09. The lowest BCUT2D eigenvalue weighted by Crippen LogP contribution is -2.38. The van der Waals surface area contributed by atoms with Gasteiger partial charge in [0.15, 0.2) is 9.84 Å². The molecule has 0 aromatic heterocycles. The number of aryl methyl sites for hydroxylation is 1. The number of aliphatic carboxylic acids is 1. The van der Waals surface area contributed by atoms with Crippen LogP contribution in [0.15, 0.2) is 23.1 Å². The second-order valence-electron chi connectivity index (χ2n) is 6.11. The Bertz CT molecular complexity index is 718. The number of amides is 1. The molecule has 7 heteroatoms. The van der Waals surface area contributed by atoms with Gasteiger partial charge >= 0.3 is 5.97 Å². The molecule has 0 bridgehead atoms. The van der Waals surface area contributed by atoms with E-state index in [1.807, 2.05) is 0 Å². The summed E-state index contributed by atoms with van der Waals surface area (Å²) in [4.78, 5) is 23.4. The van der Waals surface area contributed by atoms with Gasteiger partial charge in [0.1, 0.15) is 0 Å². The highest BCUT2D eigenvalue weighted by molar-refractivity contribution is 7.90. The van der Waals surface area contributed by atoms with E-state index in [1.54, 1.807) is 19.1 Å². The molecule has 0 aliphatic heterocycles. The molecule has 1 saturated carbocycles. The van der Waals surface area contributed by atoms with Gasteiger partial charge in [-0.15, -0.1) is 0 Å². The summed E-state index contributed by atoms with van der Waals surface area (Å²) in [7, 11) is -3.38. The molecular weight excluding hydrogens is 318 g/mol. The van der Waals surface area contributed by atoms with Gasteiger partial charge in [-0.25, -0.2) is 8.42 Å². The first-order chi connectivity index (χ1) is 10.7. The minimum atomic E-state index is -3.38. The maximum atomic E-state index is 12.3. The van der Waals surface area contributed by atoms with Crippen LogP contribution in [0.3, 0.4) is 0 Å². The number of nitrogens with one attached hydrogen (secondary N) is 1. The van der Waals surface area contributed by atoms with Crippen molar-refractivity contribution in [1.29, 1.82) is 0 Å². The van der Waals surface area contributed by atoms with Gasteiger partial charge in [-0.2, -0.15) is 0 Å². The SMILES string of the molecule is Cc1ccc(C(=O)NC2CCC(C(=O)O)CC2)cc1S(C)(=O)=O. The minimum absolute atomic E-state index is 0.0684. The lowest BCUT2D eigenvalue weighted by molar-refractivity contribution is -0.142. The zero-order chi connectivity index (χ0) is 17.2. The van der Waals surface area contributed by atoms with Gasteiger partial charge in [0, 0.05) is 17.9 Å². The van der Waals surface area contributed by atoms with Gasteiger partial charge in [0.2, 0.25) is 0 Å².